The zero-order valence-corrected chi connectivity index (χ0v) is 21.7. The van der Waals surface area contributed by atoms with Crippen LogP contribution in [0.5, 0.6) is 0 Å². The molecule has 1 aliphatic rings. The van der Waals surface area contributed by atoms with Gasteiger partial charge in [0.1, 0.15) is 11.6 Å². The van der Waals surface area contributed by atoms with Crippen LogP contribution in [0.2, 0.25) is 0 Å². The van der Waals surface area contributed by atoms with Crippen molar-refractivity contribution in [3.05, 3.63) is 111 Å². The second-order valence-corrected chi connectivity index (χ2v) is 9.90. The minimum absolute atomic E-state index is 0.0634. The van der Waals surface area contributed by atoms with Gasteiger partial charge in [0.25, 0.3) is 11.4 Å². The van der Waals surface area contributed by atoms with Crippen LogP contribution in [0.4, 0.5) is 20.3 Å². The van der Waals surface area contributed by atoms with Crippen LogP contribution >= 0.6 is 11.6 Å². The van der Waals surface area contributed by atoms with Gasteiger partial charge in [0.2, 0.25) is 5.52 Å². The Balaban J connectivity index is 1.58. The summed E-state index contributed by atoms with van der Waals surface area (Å²) in [7, 11) is 1.69. The van der Waals surface area contributed by atoms with Gasteiger partial charge < -0.3 is 14.3 Å². The topological polar surface area (TPSA) is 45.7 Å². The predicted octanol–water partition coefficient (Wildman–Crippen LogP) is 5.67. The maximum Gasteiger partial charge on any atom is 0.270 e. The molecule has 0 bridgehead atoms. The Morgan fingerprint density at radius 1 is 1.03 bits per heavy atom. The molecule has 1 aliphatic heterocycles. The summed E-state index contributed by atoms with van der Waals surface area (Å²) in [6, 6.07) is 17.1. The van der Waals surface area contributed by atoms with Crippen molar-refractivity contribution in [2.75, 3.05) is 23.9 Å². The molecule has 194 valence electrons. The summed E-state index contributed by atoms with van der Waals surface area (Å²) >= 11 is 6.56. The van der Waals surface area contributed by atoms with E-state index in [9.17, 15) is 13.6 Å². The van der Waals surface area contributed by atoms with Crippen molar-refractivity contribution < 1.29 is 8.78 Å². The van der Waals surface area contributed by atoms with Crippen molar-refractivity contribution in [3.63, 3.8) is 0 Å². The average Bonchev–Trinajstić information content (AvgIpc) is 2.93. The third kappa shape index (κ3) is 4.75. The molecule has 6 nitrogen and oxygen atoms in total. The Morgan fingerprint density at radius 3 is 2.18 bits per heavy atom. The summed E-state index contributed by atoms with van der Waals surface area (Å²) in [5, 5.41) is 0. The molecule has 38 heavy (non-hydrogen) atoms. The highest BCUT2D eigenvalue weighted by Gasteiger charge is 2.38. The van der Waals surface area contributed by atoms with Crippen LogP contribution < -0.4 is 10.5 Å². The molecule has 0 spiro atoms. The first-order chi connectivity index (χ1) is 18.3. The van der Waals surface area contributed by atoms with E-state index in [0.29, 0.717) is 35.7 Å². The first-order valence-electron chi connectivity index (χ1n) is 12.3. The molecule has 2 aromatic heterocycles. The van der Waals surface area contributed by atoms with Gasteiger partial charge in [-0.05, 0) is 54.4 Å². The van der Waals surface area contributed by atoms with Crippen molar-refractivity contribution in [1.29, 1.82) is 0 Å². The molecule has 0 aliphatic carbocycles. The summed E-state index contributed by atoms with van der Waals surface area (Å²) < 4.78 is 29.1. The Kier molecular flexibility index (Phi) is 7.15. The van der Waals surface area contributed by atoms with E-state index < -0.39 is 0 Å². The summed E-state index contributed by atoms with van der Waals surface area (Å²) in [5.74, 6) is -0.110. The van der Waals surface area contributed by atoms with Crippen LogP contribution in [-0.4, -0.2) is 45.5 Å². The van der Waals surface area contributed by atoms with E-state index in [4.69, 9.17) is 18.2 Å². The maximum absolute atomic E-state index is 13.8. The van der Waals surface area contributed by atoms with E-state index in [1.165, 1.54) is 28.8 Å². The van der Waals surface area contributed by atoms with Crippen LogP contribution in [0.15, 0.2) is 71.5 Å². The van der Waals surface area contributed by atoms with Crippen molar-refractivity contribution in [3.8, 4) is 0 Å². The van der Waals surface area contributed by atoms with Gasteiger partial charge in [0.05, 0.1) is 17.2 Å². The smallest absolute Gasteiger partial charge is 0.270 e. The number of halogens is 3. The Labute approximate surface area is 224 Å². The number of aryl methyl sites for hydroxylation is 1. The fourth-order valence-corrected chi connectivity index (χ4v) is 5.58. The van der Waals surface area contributed by atoms with Gasteiger partial charge in [-0.15, -0.1) is 16.6 Å². The fraction of sp³-hybridized carbons (Fsp3) is 0.276. The van der Waals surface area contributed by atoms with E-state index in [1.807, 2.05) is 0 Å². The van der Waals surface area contributed by atoms with E-state index in [2.05, 4.69) is 26.6 Å². The Hall–Kier alpha value is -3.80. The summed E-state index contributed by atoms with van der Waals surface area (Å²) in [5.41, 5.74) is 3.47. The summed E-state index contributed by atoms with van der Waals surface area (Å²) in [6.07, 6.45) is 0. The maximum atomic E-state index is 13.8. The van der Waals surface area contributed by atoms with Crippen LogP contribution in [0.1, 0.15) is 24.1 Å². The highest BCUT2D eigenvalue weighted by molar-refractivity contribution is 6.18. The van der Waals surface area contributed by atoms with Crippen LogP contribution in [0, 0.1) is 18.2 Å². The van der Waals surface area contributed by atoms with Gasteiger partial charge >= 0.3 is 0 Å². The lowest BCUT2D eigenvalue weighted by Crippen LogP contribution is -2.59. The van der Waals surface area contributed by atoms with Gasteiger partial charge in [-0.25, -0.2) is 8.78 Å². The molecule has 0 amide bonds. The zero-order chi connectivity index (χ0) is 27.0. The first kappa shape index (κ1) is 25.8. The third-order valence-corrected chi connectivity index (χ3v) is 7.60. The minimum Gasteiger partial charge on any atom is -0.362 e. The number of aromatic nitrogens is 2. The van der Waals surface area contributed by atoms with E-state index in [0.717, 1.165) is 11.1 Å². The lowest BCUT2D eigenvalue weighted by Gasteiger charge is -2.49. The molecule has 2 atom stereocenters. The number of anilines is 1. The lowest BCUT2D eigenvalue weighted by atomic mass is 9.93. The highest BCUT2D eigenvalue weighted by atomic mass is 35.5. The molecule has 9 heteroatoms. The van der Waals surface area contributed by atoms with Crippen LogP contribution in [-0.2, 0) is 7.05 Å². The summed E-state index contributed by atoms with van der Waals surface area (Å²) in [4.78, 5) is 25.3. The van der Waals surface area contributed by atoms with Gasteiger partial charge in [0, 0.05) is 44.2 Å². The quantitative estimate of drug-likeness (QED) is 0.245. The van der Waals surface area contributed by atoms with E-state index >= 15 is 0 Å². The predicted molar refractivity (Wildman–Crippen MR) is 146 cm³/mol. The Morgan fingerprint density at radius 2 is 1.63 bits per heavy atom. The normalized spacial score (nSPS) is 18.2. The van der Waals surface area contributed by atoms with Crippen molar-refractivity contribution in [1.82, 2.24) is 14.5 Å². The number of hydrogen-bond acceptors (Lipinski definition) is 4. The van der Waals surface area contributed by atoms with E-state index in [-0.39, 0.29) is 41.1 Å². The number of hydrogen-bond donors (Lipinski definition) is 0. The molecule has 2 aromatic carbocycles. The second-order valence-electron chi connectivity index (χ2n) is 9.59. The first-order valence-corrected chi connectivity index (χ1v) is 12.8. The van der Waals surface area contributed by atoms with Crippen molar-refractivity contribution >= 4 is 34.1 Å². The lowest BCUT2D eigenvalue weighted by molar-refractivity contribution is 0.132. The molecule has 0 unspecified atom stereocenters. The molecule has 4 aromatic rings. The molecular formula is C29H26ClF2N5O. The molecule has 0 saturated carbocycles. The van der Waals surface area contributed by atoms with Crippen molar-refractivity contribution in [2.24, 2.45) is 7.05 Å². The Bertz CT molecular complexity index is 1520. The molecular weight excluding hydrogens is 508 g/mol. The molecule has 5 rings (SSSR count). The van der Waals surface area contributed by atoms with Crippen LogP contribution in [0.25, 0.3) is 15.9 Å². The van der Waals surface area contributed by atoms with Crippen molar-refractivity contribution in [2.45, 2.75) is 25.0 Å². The third-order valence-electron chi connectivity index (χ3n) is 7.24. The number of pyridine rings is 2. The monoisotopic (exact) mass is 533 g/mol. The standard InChI is InChI=1S/C29H26ClF2N5O/c1-18-16-37(29(19-4-8-21(31)9-5-19)20-6-10-22(32)11-7-20)23(15-30)17-36(18)25-14-27(38)35(3)24-12-13-26(33-2)34-28(24)25/h4-14,18,23,29H,15-17H2,1,3H3/t18-,23+/m0/s1. The number of benzene rings is 2. The number of rotatable bonds is 5. The van der Waals surface area contributed by atoms with Gasteiger partial charge in [0.15, 0.2) is 0 Å². The molecule has 3 heterocycles. The summed E-state index contributed by atoms with van der Waals surface area (Å²) in [6.45, 7) is 10.5. The largest absolute Gasteiger partial charge is 0.362 e. The number of nitrogens with zero attached hydrogens (tertiary/aromatic N) is 5. The number of alkyl halides is 1. The number of piperazine rings is 1. The average molecular weight is 534 g/mol. The van der Waals surface area contributed by atoms with Gasteiger partial charge in [-0.1, -0.05) is 30.8 Å². The minimum atomic E-state index is -0.331. The van der Waals surface area contributed by atoms with Gasteiger partial charge in [-0.3, -0.25) is 9.69 Å². The van der Waals surface area contributed by atoms with Crippen LogP contribution in [0.3, 0.4) is 0 Å². The molecule has 0 N–H and O–H groups in total. The fourth-order valence-electron chi connectivity index (χ4n) is 5.30. The molecule has 1 fully saturated rings. The number of fused-ring (bicyclic) bond motifs is 1. The zero-order valence-electron chi connectivity index (χ0n) is 21.0. The SMILES string of the molecule is [C-]#[N+]c1ccc2c(n1)c(N1C[C@@H](CCl)N(C(c3ccc(F)cc3)c3ccc(F)cc3)C[C@@H]1C)cc(=O)n2C. The van der Waals surface area contributed by atoms with E-state index in [1.54, 1.807) is 49.5 Å². The molecule has 1 saturated heterocycles. The highest BCUT2D eigenvalue weighted by Crippen LogP contribution is 2.36. The second kappa shape index (κ2) is 10.5. The molecule has 0 radical (unpaired) electrons. The van der Waals surface area contributed by atoms with Gasteiger partial charge in [-0.2, -0.15) is 0 Å².